The second-order valence-corrected chi connectivity index (χ2v) is 4.53. The number of carboxylic acids is 1. The fraction of sp³-hybridized carbons (Fsp3) is 0.286. The maximum Gasteiger partial charge on any atom is 1.00 e. The molecule has 0 heterocycles. The zero-order valence-corrected chi connectivity index (χ0v) is 11.5. The zero-order chi connectivity index (χ0) is 14.7. The molecule has 1 aromatic rings. The normalized spacial score (nSPS) is 14.4. The van der Waals surface area contributed by atoms with Gasteiger partial charge < -0.3 is 15.2 Å². The van der Waals surface area contributed by atoms with Gasteiger partial charge in [0.15, 0.2) is 0 Å². The van der Waals surface area contributed by atoms with Gasteiger partial charge in [0.05, 0.1) is 11.7 Å². The Balaban J connectivity index is 0.00000220. The van der Waals surface area contributed by atoms with Crippen molar-refractivity contribution in [2.45, 2.75) is 25.7 Å². The molecule has 1 aliphatic rings. The Morgan fingerprint density at radius 3 is 2.29 bits per heavy atom. The van der Waals surface area contributed by atoms with Gasteiger partial charge in [-0.15, -0.1) is 0 Å². The van der Waals surface area contributed by atoms with Crippen LogP contribution < -0.4 is 29.3 Å². The number of nitrogens with one attached hydrogen (secondary N) is 1. The van der Waals surface area contributed by atoms with Crippen LogP contribution in [0, 0.1) is 11.6 Å². The maximum atomic E-state index is 13.4. The van der Waals surface area contributed by atoms with E-state index in [1.165, 1.54) is 0 Å². The van der Waals surface area contributed by atoms with E-state index in [1.54, 1.807) is 0 Å². The summed E-state index contributed by atoms with van der Waals surface area (Å²) in [5.41, 5.74) is -0.136. The molecular weight excluding hydrogens is 275 g/mol. The smallest absolute Gasteiger partial charge is 0.545 e. The van der Waals surface area contributed by atoms with Crippen molar-refractivity contribution in [3.63, 3.8) is 0 Å². The minimum atomic E-state index is -1.38. The molecule has 0 aliphatic heterocycles. The summed E-state index contributed by atoms with van der Waals surface area (Å²) in [6, 6.07) is 2.74. The van der Waals surface area contributed by atoms with Crippen molar-refractivity contribution < 1.29 is 42.3 Å². The molecule has 0 saturated carbocycles. The average Bonchev–Trinajstić information content (AvgIpc) is 2.41. The van der Waals surface area contributed by atoms with E-state index in [-0.39, 0.29) is 42.1 Å². The van der Waals surface area contributed by atoms with Crippen LogP contribution in [-0.4, -0.2) is 11.9 Å². The van der Waals surface area contributed by atoms with Gasteiger partial charge in [-0.25, -0.2) is 8.78 Å². The minimum Gasteiger partial charge on any atom is -0.545 e. The first-order valence-corrected chi connectivity index (χ1v) is 6.19. The number of carbonyl (C=O) groups is 2. The molecular formula is C14H12F2LiNO3. The molecule has 1 aliphatic carbocycles. The van der Waals surface area contributed by atoms with E-state index in [2.05, 4.69) is 5.32 Å². The molecule has 2 rings (SSSR count). The molecule has 1 aromatic carbocycles. The Hall–Kier alpha value is -1.64. The van der Waals surface area contributed by atoms with Gasteiger partial charge in [0, 0.05) is 11.6 Å². The van der Waals surface area contributed by atoms with Crippen LogP contribution in [0.3, 0.4) is 0 Å². The summed E-state index contributed by atoms with van der Waals surface area (Å²) in [5, 5.41) is 13.2. The first-order valence-electron chi connectivity index (χ1n) is 6.19. The van der Waals surface area contributed by atoms with Crippen molar-refractivity contribution in [1.29, 1.82) is 0 Å². The quantitative estimate of drug-likeness (QED) is 0.690. The second kappa shape index (κ2) is 7.39. The van der Waals surface area contributed by atoms with Crippen LogP contribution in [0.4, 0.5) is 14.5 Å². The van der Waals surface area contributed by atoms with Gasteiger partial charge in [0.2, 0.25) is 0 Å². The van der Waals surface area contributed by atoms with Crippen LogP contribution in [0.2, 0.25) is 0 Å². The molecule has 21 heavy (non-hydrogen) atoms. The molecule has 4 nitrogen and oxygen atoms in total. The van der Waals surface area contributed by atoms with Gasteiger partial charge in [0.1, 0.15) is 11.6 Å². The largest absolute Gasteiger partial charge is 1.00 e. The molecule has 7 heteroatoms. The minimum absolute atomic E-state index is 0. The van der Waals surface area contributed by atoms with Gasteiger partial charge >= 0.3 is 18.9 Å². The van der Waals surface area contributed by atoms with Gasteiger partial charge in [-0.3, -0.25) is 4.79 Å². The first kappa shape index (κ1) is 17.4. The van der Waals surface area contributed by atoms with E-state index in [9.17, 15) is 23.5 Å². The number of carboxylic acid groups (broad SMARTS) is 1. The summed E-state index contributed by atoms with van der Waals surface area (Å²) in [5.74, 6) is -3.73. The third kappa shape index (κ3) is 4.16. The summed E-state index contributed by atoms with van der Waals surface area (Å²) in [6.45, 7) is 0. The topological polar surface area (TPSA) is 69.2 Å². The summed E-state index contributed by atoms with van der Waals surface area (Å²) in [6.07, 6.45) is 1.92. The Kier molecular flexibility index (Phi) is 6.13. The number of hydrogen-bond donors (Lipinski definition) is 1. The van der Waals surface area contributed by atoms with Gasteiger partial charge in [-0.1, -0.05) is 0 Å². The molecule has 0 bridgehead atoms. The van der Waals surface area contributed by atoms with Crippen LogP contribution in [0.5, 0.6) is 0 Å². The predicted octanol–water partition coefficient (Wildman–Crippen LogP) is -1.47. The van der Waals surface area contributed by atoms with Crippen LogP contribution >= 0.6 is 0 Å². The number of hydrogen-bond acceptors (Lipinski definition) is 3. The molecule has 0 radical (unpaired) electrons. The molecule has 0 aromatic heterocycles. The third-order valence-electron chi connectivity index (χ3n) is 3.17. The number of carbonyl (C=O) groups excluding carboxylic acids is 2. The standard InChI is InChI=1S/C14H13F2NO3.Li/c15-8-5-6-12(11(16)7-8)17-13(18)9-3-1-2-4-10(9)14(19)20;/h5-7H,1-4H2,(H,17,18)(H,19,20);/q;+1/p-1. The van der Waals surface area contributed by atoms with E-state index in [0.717, 1.165) is 12.1 Å². The van der Waals surface area contributed by atoms with Crippen molar-refractivity contribution in [2.24, 2.45) is 0 Å². The van der Waals surface area contributed by atoms with E-state index < -0.39 is 23.5 Å². The van der Waals surface area contributed by atoms with Crippen molar-refractivity contribution in [3.8, 4) is 0 Å². The molecule has 106 valence electrons. The molecule has 0 saturated heterocycles. The SMILES string of the molecule is O=C([O-])C1=C(C(=O)Nc2ccc(F)cc2F)CCCC1.[Li+]. The number of aliphatic carboxylic acids is 1. The zero-order valence-electron chi connectivity index (χ0n) is 11.5. The number of halogens is 2. The number of amides is 1. The van der Waals surface area contributed by atoms with Gasteiger partial charge in [-0.2, -0.15) is 0 Å². The van der Waals surface area contributed by atoms with Crippen LogP contribution in [0.25, 0.3) is 0 Å². The molecule has 0 atom stereocenters. The summed E-state index contributed by atoms with van der Waals surface area (Å²) in [4.78, 5) is 23.0. The summed E-state index contributed by atoms with van der Waals surface area (Å²) < 4.78 is 26.2. The van der Waals surface area contributed by atoms with Crippen molar-refractivity contribution in [3.05, 3.63) is 41.0 Å². The Morgan fingerprint density at radius 2 is 1.71 bits per heavy atom. The van der Waals surface area contributed by atoms with Crippen molar-refractivity contribution >= 4 is 17.6 Å². The van der Waals surface area contributed by atoms with Gasteiger partial charge in [-0.05, 0) is 43.4 Å². The molecule has 1 amide bonds. The fourth-order valence-electron chi connectivity index (χ4n) is 2.17. The Bertz CT molecular complexity index is 602. The van der Waals surface area contributed by atoms with Crippen molar-refractivity contribution in [1.82, 2.24) is 0 Å². The fourth-order valence-corrected chi connectivity index (χ4v) is 2.17. The third-order valence-corrected chi connectivity index (χ3v) is 3.17. The van der Waals surface area contributed by atoms with E-state index in [0.29, 0.717) is 25.3 Å². The molecule has 0 spiro atoms. The van der Waals surface area contributed by atoms with Crippen LogP contribution in [0.15, 0.2) is 29.3 Å². The van der Waals surface area contributed by atoms with E-state index in [4.69, 9.17) is 0 Å². The van der Waals surface area contributed by atoms with Crippen molar-refractivity contribution in [2.75, 3.05) is 5.32 Å². The molecule has 1 N–H and O–H groups in total. The predicted molar refractivity (Wildman–Crippen MR) is 65.5 cm³/mol. The van der Waals surface area contributed by atoms with E-state index >= 15 is 0 Å². The number of rotatable bonds is 3. The van der Waals surface area contributed by atoms with Crippen LogP contribution in [-0.2, 0) is 9.59 Å². The molecule has 0 unspecified atom stereocenters. The average molecular weight is 287 g/mol. The second-order valence-electron chi connectivity index (χ2n) is 4.53. The number of anilines is 1. The first-order chi connectivity index (χ1) is 9.49. The monoisotopic (exact) mass is 287 g/mol. The summed E-state index contributed by atoms with van der Waals surface area (Å²) in [7, 11) is 0. The Morgan fingerprint density at radius 1 is 1.10 bits per heavy atom. The van der Waals surface area contributed by atoms with E-state index in [1.807, 2.05) is 0 Å². The van der Waals surface area contributed by atoms with Gasteiger partial charge in [0.25, 0.3) is 5.91 Å². The maximum absolute atomic E-state index is 13.4. The molecule has 0 fully saturated rings. The number of benzene rings is 1. The van der Waals surface area contributed by atoms with Crippen LogP contribution in [0.1, 0.15) is 25.7 Å². The Labute approximate surface area is 132 Å². The summed E-state index contributed by atoms with van der Waals surface area (Å²) >= 11 is 0.